The van der Waals surface area contributed by atoms with E-state index in [0.29, 0.717) is 12.5 Å². The zero-order chi connectivity index (χ0) is 14.3. The van der Waals surface area contributed by atoms with Gasteiger partial charge in [0.1, 0.15) is 0 Å². The highest BCUT2D eigenvalue weighted by Gasteiger charge is 2.23. The summed E-state index contributed by atoms with van der Waals surface area (Å²) in [5, 5.41) is 6.47. The van der Waals surface area contributed by atoms with Crippen LogP contribution in [-0.2, 0) is 4.79 Å². The topological polar surface area (TPSA) is 44.4 Å². The van der Waals surface area contributed by atoms with Crippen molar-refractivity contribution in [1.82, 2.24) is 15.5 Å². The molecule has 1 atom stereocenters. The molecule has 0 aromatic heterocycles. The lowest BCUT2D eigenvalue weighted by Crippen LogP contribution is -2.50. The Morgan fingerprint density at radius 3 is 2.68 bits per heavy atom. The molecular weight excluding hydrogens is 238 g/mol. The molecule has 0 saturated carbocycles. The van der Waals surface area contributed by atoms with Crippen LogP contribution in [0.15, 0.2) is 0 Å². The number of rotatable bonds is 6. The van der Waals surface area contributed by atoms with E-state index in [1.54, 1.807) is 0 Å². The Bertz CT molecular complexity index is 273. The van der Waals surface area contributed by atoms with E-state index < -0.39 is 0 Å². The number of amides is 1. The fourth-order valence-corrected chi connectivity index (χ4v) is 2.54. The summed E-state index contributed by atoms with van der Waals surface area (Å²) in [5.41, 5.74) is 0.169. The number of likely N-dealkylation sites (tertiary alicyclic amines) is 1. The molecule has 19 heavy (non-hydrogen) atoms. The van der Waals surface area contributed by atoms with Gasteiger partial charge in [0.05, 0.1) is 0 Å². The molecule has 0 bridgehead atoms. The van der Waals surface area contributed by atoms with Gasteiger partial charge in [-0.3, -0.25) is 9.69 Å². The Labute approximate surface area is 118 Å². The SMILES string of the molecule is CCNC(=O)CCN1CCCCC1CNC(C)(C)C. The predicted octanol–water partition coefficient (Wildman–Crippen LogP) is 1.76. The minimum Gasteiger partial charge on any atom is -0.356 e. The number of carbonyl (C=O) groups is 1. The van der Waals surface area contributed by atoms with Crippen molar-refractivity contribution in [2.75, 3.05) is 26.2 Å². The second-order valence-corrected chi connectivity index (χ2v) is 6.52. The van der Waals surface area contributed by atoms with E-state index in [1.165, 1.54) is 19.3 Å². The monoisotopic (exact) mass is 269 g/mol. The van der Waals surface area contributed by atoms with Crippen LogP contribution in [0.4, 0.5) is 0 Å². The first-order chi connectivity index (χ1) is 8.92. The molecular formula is C15H31N3O. The van der Waals surface area contributed by atoms with E-state index in [1.807, 2.05) is 6.92 Å². The van der Waals surface area contributed by atoms with Gasteiger partial charge in [0.25, 0.3) is 0 Å². The highest BCUT2D eigenvalue weighted by Crippen LogP contribution is 2.17. The van der Waals surface area contributed by atoms with Gasteiger partial charge in [-0.05, 0) is 47.1 Å². The maximum atomic E-state index is 11.6. The van der Waals surface area contributed by atoms with Gasteiger partial charge in [-0.15, -0.1) is 0 Å². The van der Waals surface area contributed by atoms with Crippen molar-refractivity contribution in [2.24, 2.45) is 0 Å². The number of nitrogens with zero attached hydrogens (tertiary/aromatic N) is 1. The molecule has 0 aromatic carbocycles. The summed E-state index contributed by atoms with van der Waals surface area (Å²) >= 11 is 0. The first-order valence-electron chi connectivity index (χ1n) is 7.68. The molecule has 112 valence electrons. The number of carbonyl (C=O) groups excluding carboxylic acids is 1. The minimum atomic E-state index is 0.169. The van der Waals surface area contributed by atoms with Gasteiger partial charge in [0.15, 0.2) is 0 Å². The van der Waals surface area contributed by atoms with Crippen LogP contribution in [0.3, 0.4) is 0 Å². The quantitative estimate of drug-likeness (QED) is 0.772. The van der Waals surface area contributed by atoms with Gasteiger partial charge in [0.2, 0.25) is 5.91 Å². The molecule has 4 nitrogen and oxygen atoms in total. The summed E-state index contributed by atoms with van der Waals surface area (Å²) in [7, 11) is 0. The van der Waals surface area contributed by atoms with E-state index in [2.05, 4.69) is 36.3 Å². The molecule has 2 N–H and O–H groups in total. The second-order valence-electron chi connectivity index (χ2n) is 6.52. The van der Waals surface area contributed by atoms with Crippen molar-refractivity contribution in [1.29, 1.82) is 0 Å². The number of piperidine rings is 1. The van der Waals surface area contributed by atoms with E-state index in [0.717, 1.165) is 26.2 Å². The molecule has 1 amide bonds. The zero-order valence-corrected chi connectivity index (χ0v) is 13.1. The molecule has 0 aliphatic carbocycles. The Kier molecular flexibility index (Phi) is 6.80. The fraction of sp³-hybridized carbons (Fsp3) is 0.933. The van der Waals surface area contributed by atoms with Crippen LogP contribution in [0.25, 0.3) is 0 Å². The molecule has 1 aliphatic heterocycles. The van der Waals surface area contributed by atoms with E-state index in [9.17, 15) is 4.79 Å². The predicted molar refractivity (Wildman–Crippen MR) is 80.3 cm³/mol. The summed E-state index contributed by atoms with van der Waals surface area (Å²) in [5.74, 6) is 0.176. The molecule has 1 heterocycles. The number of hydrogen-bond acceptors (Lipinski definition) is 3. The molecule has 1 fully saturated rings. The van der Waals surface area contributed by atoms with Gasteiger partial charge in [-0.2, -0.15) is 0 Å². The van der Waals surface area contributed by atoms with Crippen LogP contribution in [-0.4, -0.2) is 48.6 Å². The maximum Gasteiger partial charge on any atom is 0.221 e. The normalized spacial score (nSPS) is 21.4. The van der Waals surface area contributed by atoms with Crippen LogP contribution in [0.5, 0.6) is 0 Å². The van der Waals surface area contributed by atoms with Crippen LogP contribution in [0, 0.1) is 0 Å². The average Bonchev–Trinajstić information content (AvgIpc) is 2.34. The Morgan fingerprint density at radius 2 is 2.05 bits per heavy atom. The zero-order valence-electron chi connectivity index (χ0n) is 13.1. The fourth-order valence-electron chi connectivity index (χ4n) is 2.54. The van der Waals surface area contributed by atoms with Gasteiger partial charge in [-0.25, -0.2) is 0 Å². The molecule has 1 rings (SSSR count). The van der Waals surface area contributed by atoms with Crippen molar-refractivity contribution in [3.05, 3.63) is 0 Å². The third-order valence-electron chi connectivity index (χ3n) is 3.62. The number of hydrogen-bond donors (Lipinski definition) is 2. The van der Waals surface area contributed by atoms with Crippen LogP contribution >= 0.6 is 0 Å². The first-order valence-corrected chi connectivity index (χ1v) is 7.68. The second kappa shape index (κ2) is 7.85. The Hall–Kier alpha value is -0.610. The molecule has 0 aromatic rings. The first kappa shape index (κ1) is 16.4. The smallest absolute Gasteiger partial charge is 0.221 e. The minimum absolute atomic E-state index is 0.169. The molecule has 4 heteroatoms. The number of nitrogens with one attached hydrogen (secondary N) is 2. The van der Waals surface area contributed by atoms with Crippen LogP contribution in [0.1, 0.15) is 53.4 Å². The van der Waals surface area contributed by atoms with Gasteiger partial charge in [-0.1, -0.05) is 6.42 Å². The highest BCUT2D eigenvalue weighted by atomic mass is 16.1. The van der Waals surface area contributed by atoms with Gasteiger partial charge < -0.3 is 10.6 Å². The standard InChI is InChI=1S/C15H31N3O/c1-5-16-14(19)9-11-18-10-7-6-8-13(18)12-17-15(2,3)4/h13,17H,5-12H2,1-4H3,(H,16,19). The van der Waals surface area contributed by atoms with E-state index in [-0.39, 0.29) is 11.4 Å². The van der Waals surface area contributed by atoms with Gasteiger partial charge in [0, 0.05) is 37.6 Å². The summed E-state index contributed by atoms with van der Waals surface area (Å²) in [6.45, 7) is 12.4. The average molecular weight is 269 g/mol. The van der Waals surface area contributed by atoms with E-state index in [4.69, 9.17) is 0 Å². The molecule has 1 aliphatic rings. The van der Waals surface area contributed by atoms with Gasteiger partial charge >= 0.3 is 0 Å². The van der Waals surface area contributed by atoms with Crippen LogP contribution < -0.4 is 10.6 Å². The van der Waals surface area contributed by atoms with Crippen molar-refractivity contribution in [2.45, 2.75) is 65.0 Å². The highest BCUT2D eigenvalue weighted by molar-refractivity contribution is 5.75. The summed E-state index contributed by atoms with van der Waals surface area (Å²) in [6, 6.07) is 0.586. The molecule has 1 unspecified atom stereocenters. The molecule has 0 radical (unpaired) electrons. The summed E-state index contributed by atoms with van der Waals surface area (Å²) in [4.78, 5) is 14.0. The molecule has 0 spiro atoms. The molecule has 1 saturated heterocycles. The lowest BCUT2D eigenvalue weighted by molar-refractivity contribution is -0.121. The van der Waals surface area contributed by atoms with Crippen molar-refractivity contribution in [3.8, 4) is 0 Å². The lowest BCUT2D eigenvalue weighted by Gasteiger charge is -2.37. The summed E-state index contributed by atoms with van der Waals surface area (Å²) in [6.07, 6.45) is 4.45. The lowest BCUT2D eigenvalue weighted by atomic mass is 10.00. The largest absolute Gasteiger partial charge is 0.356 e. The van der Waals surface area contributed by atoms with Crippen molar-refractivity contribution >= 4 is 5.91 Å². The maximum absolute atomic E-state index is 11.6. The van der Waals surface area contributed by atoms with Crippen molar-refractivity contribution in [3.63, 3.8) is 0 Å². The Balaban J connectivity index is 2.37. The van der Waals surface area contributed by atoms with Crippen molar-refractivity contribution < 1.29 is 4.79 Å². The Morgan fingerprint density at radius 1 is 1.32 bits per heavy atom. The third kappa shape index (κ3) is 6.92. The third-order valence-corrected chi connectivity index (χ3v) is 3.62. The summed E-state index contributed by atoms with van der Waals surface area (Å²) < 4.78 is 0. The van der Waals surface area contributed by atoms with Crippen LogP contribution in [0.2, 0.25) is 0 Å². The van der Waals surface area contributed by atoms with E-state index >= 15 is 0 Å².